The molecule has 0 unspecified atom stereocenters. The maximum atomic E-state index is 11.8. The van der Waals surface area contributed by atoms with E-state index < -0.39 is 0 Å². The molecule has 3 aliphatic rings. The van der Waals surface area contributed by atoms with Gasteiger partial charge in [0, 0.05) is 30.9 Å². The van der Waals surface area contributed by atoms with Crippen LogP contribution in [0.15, 0.2) is 0 Å². The summed E-state index contributed by atoms with van der Waals surface area (Å²) in [5, 5.41) is 4.85. The lowest BCUT2D eigenvalue weighted by molar-refractivity contribution is -0.922. The van der Waals surface area contributed by atoms with Crippen molar-refractivity contribution < 1.29 is 14.4 Å². The molecule has 2 aliphatic heterocycles. The van der Waals surface area contributed by atoms with Crippen LogP contribution in [0.3, 0.4) is 0 Å². The van der Waals surface area contributed by atoms with Gasteiger partial charge in [-0.2, -0.15) is 0 Å². The first-order chi connectivity index (χ1) is 14.3. The van der Waals surface area contributed by atoms with Crippen LogP contribution in [0.1, 0.15) is 41.9 Å². The lowest BCUT2D eigenvalue weighted by Gasteiger charge is -2.23. The summed E-state index contributed by atoms with van der Waals surface area (Å²) in [6, 6.07) is 0. The first-order valence-electron chi connectivity index (χ1n) is 11.0. The van der Waals surface area contributed by atoms with Crippen LogP contribution in [0.4, 0.5) is 5.82 Å². The number of thiophene rings is 1. The SMILES string of the molecule is O=C1CCCN1CCCNc1nc(C[NH+]2CCOCC2)nc2sc3c(c12)CCC3. The summed E-state index contributed by atoms with van der Waals surface area (Å²) in [5.41, 5.74) is 1.47. The smallest absolute Gasteiger partial charge is 0.222 e. The lowest BCUT2D eigenvalue weighted by Crippen LogP contribution is -3.12. The van der Waals surface area contributed by atoms with Crippen LogP contribution >= 0.6 is 11.3 Å². The molecule has 2 aromatic rings. The summed E-state index contributed by atoms with van der Waals surface area (Å²) in [7, 11) is 0. The van der Waals surface area contributed by atoms with Crippen LogP contribution in [0, 0.1) is 0 Å². The molecule has 7 nitrogen and oxygen atoms in total. The van der Waals surface area contributed by atoms with Gasteiger partial charge in [0.2, 0.25) is 5.91 Å². The molecule has 1 aliphatic carbocycles. The molecule has 5 rings (SSSR count). The Hall–Kier alpha value is -1.77. The van der Waals surface area contributed by atoms with Crippen LogP contribution in [0.25, 0.3) is 10.2 Å². The Morgan fingerprint density at radius 2 is 2.03 bits per heavy atom. The Bertz CT molecular complexity index is 893. The highest BCUT2D eigenvalue weighted by atomic mass is 32.1. The number of likely N-dealkylation sites (tertiary alicyclic amines) is 1. The minimum absolute atomic E-state index is 0.306. The first-order valence-corrected chi connectivity index (χ1v) is 11.8. The predicted molar refractivity (Wildman–Crippen MR) is 114 cm³/mol. The number of nitrogens with zero attached hydrogens (tertiary/aromatic N) is 3. The van der Waals surface area contributed by atoms with Crippen LogP contribution in [0.2, 0.25) is 0 Å². The summed E-state index contributed by atoms with van der Waals surface area (Å²) in [6.45, 7) is 7.15. The van der Waals surface area contributed by atoms with E-state index >= 15 is 0 Å². The second-order valence-corrected chi connectivity index (χ2v) is 9.41. The van der Waals surface area contributed by atoms with Crippen LogP contribution in [-0.4, -0.2) is 66.7 Å². The second kappa shape index (κ2) is 8.53. The third-order valence-electron chi connectivity index (χ3n) is 6.29. The predicted octanol–water partition coefficient (Wildman–Crippen LogP) is 1.02. The van der Waals surface area contributed by atoms with Crippen molar-refractivity contribution in [1.82, 2.24) is 14.9 Å². The fraction of sp³-hybridized carbons (Fsp3) is 0.667. The molecule has 0 aromatic carbocycles. The van der Waals surface area contributed by atoms with Crippen molar-refractivity contribution in [2.45, 2.75) is 45.1 Å². The molecule has 2 N–H and O–H groups in total. The van der Waals surface area contributed by atoms with E-state index in [9.17, 15) is 4.79 Å². The zero-order valence-corrected chi connectivity index (χ0v) is 17.8. The number of anilines is 1. The number of carbonyl (C=O) groups excluding carboxylic acids is 1. The summed E-state index contributed by atoms with van der Waals surface area (Å²) in [5.74, 6) is 2.25. The summed E-state index contributed by atoms with van der Waals surface area (Å²) < 4.78 is 5.49. The van der Waals surface area contributed by atoms with Gasteiger partial charge >= 0.3 is 0 Å². The molecule has 0 radical (unpaired) electrons. The van der Waals surface area contributed by atoms with Crippen molar-refractivity contribution in [2.24, 2.45) is 0 Å². The van der Waals surface area contributed by atoms with E-state index in [2.05, 4.69) is 5.32 Å². The molecule has 0 bridgehead atoms. The average Bonchev–Trinajstić information content (AvgIpc) is 3.42. The van der Waals surface area contributed by atoms with Gasteiger partial charge in [0.05, 0.1) is 18.6 Å². The fourth-order valence-corrected chi connectivity index (χ4v) is 6.00. The Kier molecular flexibility index (Phi) is 5.65. The molecule has 2 saturated heterocycles. The molecule has 0 spiro atoms. The molecule has 2 aromatic heterocycles. The van der Waals surface area contributed by atoms with Gasteiger partial charge in [-0.05, 0) is 37.7 Å². The molecule has 0 atom stereocenters. The van der Waals surface area contributed by atoms with Crippen molar-refractivity contribution in [3.8, 4) is 0 Å². The largest absolute Gasteiger partial charge is 0.370 e. The highest BCUT2D eigenvalue weighted by Gasteiger charge is 2.24. The minimum atomic E-state index is 0.306. The number of hydrogen-bond donors (Lipinski definition) is 2. The number of quaternary nitrogens is 1. The number of fused-ring (bicyclic) bond motifs is 3. The summed E-state index contributed by atoms with van der Waals surface area (Å²) in [4.78, 5) is 27.9. The highest BCUT2D eigenvalue weighted by molar-refractivity contribution is 7.19. The number of hydrogen-bond acceptors (Lipinski definition) is 6. The maximum absolute atomic E-state index is 11.8. The van der Waals surface area contributed by atoms with E-state index in [1.54, 1.807) is 0 Å². The van der Waals surface area contributed by atoms with Gasteiger partial charge < -0.3 is 19.9 Å². The van der Waals surface area contributed by atoms with E-state index in [4.69, 9.17) is 14.7 Å². The number of aryl methyl sites for hydroxylation is 2. The number of amides is 1. The maximum Gasteiger partial charge on any atom is 0.222 e. The fourth-order valence-electron chi connectivity index (χ4n) is 4.72. The molecule has 29 heavy (non-hydrogen) atoms. The number of aromatic nitrogens is 2. The number of rotatable bonds is 7. The number of ether oxygens (including phenoxy) is 1. The van der Waals surface area contributed by atoms with Gasteiger partial charge in [-0.25, -0.2) is 9.97 Å². The van der Waals surface area contributed by atoms with Crippen molar-refractivity contribution in [3.63, 3.8) is 0 Å². The lowest BCUT2D eigenvalue weighted by atomic mass is 10.2. The molecule has 1 amide bonds. The van der Waals surface area contributed by atoms with Gasteiger partial charge in [-0.1, -0.05) is 0 Å². The van der Waals surface area contributed by atoms with E-state index in [0.717, 1.165) is 88.2 Å². The Labute approximate surface area is 175 Å². The molecular formula is C21H30N5O2S+. The second-order valence-electron chi connectivity index (χ2n) is 8.33. The van der Waals surface area contributed by atoms with Gasteiger partial charge in [0.15, 0.2) is 5.82 Å². The Morgan fingerprint density at radius 1 is 1.14 bits per heavy atom. The van der Waals surface area contributed by atoms with E-state index in [0.29, 0.717) is 12.3 Å². The van der Waals surface area contributed by atoms with Crippen molar-refractivity contribution in [2.75, 3.05) is 51.3 Å². The van der Waals surface area contributed by atoms with Crippen molar-refractivity contribution >= 4 is 33.3 Å². The molecular weight excluding hydrogens is 386 g/mol. The van der Waals surface area contributed by atoms with Crippen LogP contribution < -0.4 is 10.2 Å². The summed E-state index contributed by atoms with van der Waals surface area (Å²) in [6.07, 6.45) is 6.24. The van der Waals surface area contributed by atoms with Crippen molar-refractivity contribution in [1.29, 1.82) is 0 Å². The molecule has 8 heteroatoms. The first kappa shape index (κ1) is 19.2. The molecule has 0 saturated carbocycles. The Balaban J connectivity index is 1.32. The topological polar surface area (TPSA) is 71.8 Å². The Morgan fingerprint density at radius 3 is 2.86 bits per heavy atom. The standard InChI is InChI=1S/C21H29N5O2S/c27-18-6-2-8-26(18)9-3-7-22-20-19-15-4-1-5-16(15)29-21(19)24-17(23-20)14-25-10-12-28-13-11-25/h1-14H2,(H,22,23,24)/p+1. The van der Waals surface area contributed by atoms with E-state index in [1.165, 1.54) is 33.6 Å². The van der Waals surface area contributed by atoms with Gasteiger partial charge in [-0.15, -0.1) is 11.3 Å². The van der Waals surface area contributed by atoms with E-state index in [1.807, 2.05) is 16.2 Å². The van der Waals surface area contributed by atoms with Crippen molar-refractivity contribution in [3.05, 3.63) is 16.3 Å². The number of nitrogens with one attached hydrogen (secondary N) is 2. The van der Waals surface area contributed by atoms with E-state index in [-0.39, 0.29) is 0 Å². The highest BCUT2D eigenvalue weighted by Crippen LogP contribution is 2.39. The van der Waals surface area contributed by atoms with Crippen LogP contribution in [-0.2, 0) is 28.9 Å². The minimum Gasteiger partial charge on any atom is -0.370 e. The molecule has 4 heterocycles. The average molecular weight is 417 g/mol. The van der Waals surface area contributed by atoms with Gasteiger partial charge in [0.25, 0.3) is 0 Å². The zero-order chi connectivity index (χ0) is 19.6. The quantitative estimate of drug-likeness (QED) is 0.660. The summed E-state index contributed by atoms with van der Waals surface area (Å²) >= 11 is 1.86. The van der Waals surface area contributed by atoms with Gasteiger partial charge in [-0.3, -0.25) is 4.79 Å². The third kappa shape index (κ3) is 4.11. The third-order valence-corrected chi connectivity index (χ3v) is 7.47. The normalized spacial score (nSPS) is 20.0. The molecule has 2 fully saturated rings. The number of morpholine rings is 1. The zero-order valence-electron chi connectivity index (χ0n) is 17.0. The van der Waals surface area contributed by atoms with Gasteiger partial charge in [0.1, 0.15) is 30.3 Å². The monoisotopic (exact) mass is 416 g/mol. The number of carbonyl (C=O) groups is 1. The van der Waals surface area contributed by atoms with Crippen LogP contribution in [0.5, 0.6) is 0 Å². The molecule has 156 valence electrons.